The molecule has 0 radical (unpaired) electrons. The molecule has 23 heavy (non-hydrogen) atoms. The highest BCUT2D eigenvalue weighted by atomic mass is 32.2. The first-order valence-corrected chi connectivity index (χ1v) is 8.55. The van der Waals surface area contributed by atoms with Crippen LogP contribution in [0.5, 0.6) is 5.75 Å². The average Bonchev–Trinajstić information content (AvgIpc) is 2.49. The van der Waals surface area contributed by atoms with E-state index in [2.05, 4.69) is 0 Å². The second-order valence-corrected chi connectivity index (χ2v) is 7.51. The number of hydrogen-bond donors (Lipinski definition) is 0. The highest BCUT2D eigenvalue weighted by Gasteiger charge is 2.23. The zero-order chi connectivity index (χ0) is 17.2. The highest BCUT2D eigenvalue weighted by molar-refractivity contribution is 7.89. The fourth-order valence-electron chi connectivity index (χ4n) is 2.30. The lowest BCUT2D eigenvalue weighted by molar-refractivity contribution is 0.385. The van der Waals surface area contributed by atoms with Crippen LogP contribution >= 0.6 is 0 Å². The SMILES string of the molecule is COc1ccc(CN(C)S(=O)(=O)c2cc(C)ccc2C)cc1F. The first kappa shape index (κ1) is 17.4. The summed E-state index contributed by atoms with van der Waals surface area (Å²) in [6.07, 6.45) is 0. The summed E-state index contributed by atoms with van der Waals surface area (Å²) in [7, 11) is -0.770. The Morgan fingerprint density at radius 3 is 2.43 bits per heavy atom. The van der Waals surface area contributed by atoms with Gasteiger partial charge in [0.15, 0.2) is 11.6 Å². The number of ether oxygens (including phenoxy) is 1. The van der Waals surface area contributed by atoms with Crippen molar-refractivity contribution < 1.29 is 17.5 Å². The molecule has 6 heteroatoms. The van der Waals surface area contributed by atoms with E-state index in [1.807, 2.05) is 13.0 Å². The van der Waals surface area contributed by atoms with Crippen molar-refractivity contribution >= 4 is 10.0 Å². The van der Waals surface area contributed by atoms with Crippen molar-refractivity contribution in [3.05, 3.63) is 58.9 Å². The Kier molecular flexibility index (Phi) is 5.06. The van der Waals surface area contributed by atoms with Gasteiger partial charge in [0.25, 0.3) is 0 Å². The van der Waals surface area contributed by atoms with Gasteiger partial charge in [-0.05, 0) is 48.7 Å². The van der Waals surface area contributed by atoms with Crippen molar-refractivity contribution in [2.75, 3.05) is 14.2 Å². The Labute approximate surface area is 136 Å². The maximum atomic E-state index is 13.7. The van der Waals surface area contributed by atoms with Crippen LogP contribution in [0.15, 0.2) is 41.3 Å². The topological polar surface area (TPSA) is 46.6 Å². The fraction of sp³-hybridized carbons (Fsp3) is 0.294. The van der Waals surface area contributed by atoms with Gasteiger partial charge in [-0.15, -0.1) is 0 Å². The number of methoxy groups -OCH3 is 1. The lowest BCUT2D eigenvalue weighted by Gasteiger charge is -2.19. The van der Waals surface area contributed by atoms with Gasteiger partial charge in [0.05, 0.1) is 12.0 Å². The number of hydrogen-bond acceptors (Lipinski definition) is 3. The predicted molar refractivity (Wildman–Crippen MR) is 87.5 cm³/mol. The van der Waals surface area contributed by atoms with Crippen molar-refractivity contribution in [3.8, 4) is 5.75 Å². The van der Waals surface area contributed by atoms with Crippen molar-refractivity contribution in [2.45, 2.75) is 25.3 Å². The van der Waals surface area contributed by atoms with E-state index in [0.29, 0.717) is 11.1 Å². The second kappa shape index (κ2) is 6.68. The standard InChI is InChI=1S/C17H20FNO3S/c1-12-5-6-13(2)17(9-12)23(20,21)19(3)11-14-7-8-16(22-4)15(18)10-14/h5-10H,11H2,1-4H3. The van der Waals surface area contributed by atoms with E-state index in [1.54, 1.807) is 25.1 Å². The minimum Gasteiger partial charge on any atom is -0.494 e. The molecule has 2 aromatic carbocycles. The van der Waals surface area contributed by atoms with Crippen LogP contribution in [0.2, 0.25) is 0 Å². The Balaban J connectivity index is 2.30. The minimum atomic E-state index is -3.64. The van der Waals surface area contributed by atoms with E-state index in [9.17, 15) is 12.8 Å². The molecule has 0 N–H and O–H groups in total. The zero-order valence-electron chi connectivity index (χ0n) is 13.6. The molecule has 2 aromatic rings. The third-order valence-electron chi connectivity index (χ3n) is 3.65. The molecule has 0 aliphatic carbocycles. The Morgan fingerprint density at radius 1 is 1.13 bits per heavy atom. The molecular weight excluding hydrogens is 317 g/mol. The maximum Gasteiger partial charge on any atom is 0.243 e. The lowest BCUT2D eigenvalue weighted by Crippen LogP contribution is -2.27. The quantitative estimate of drug-likeness (QED) is 0.841. The first-order valence-electron chi connectivity index (χ1n) is 7.11. The van der Waals surface area contributed by atoms with Crippen molar-refractivity contribution in [2.24, 2.45) is 0 Å². The summed E-state index contributed by atoms with van der Waals surface area (Å²) in [6.45, 7) is 3.68. The van der Waals surface area contributed by atoms with Crippen LogP contribution in [0.1, 0.15) is 16.7 Å². The summed E-state index contributed by atoms with van der Waals surface area (Å²) in [4.78, 5) is 0.272. The predicted octanol–water partition coefficient (Wildman–Crippen LogP) is 3.27. The van der Waals surface area contributed by atoms with Crippen LogP contribution in [0.25, 0.3) is 0 Å². The van der Waals surface area contributed by atoms with E-state index in [0.717, 1.165) is 5.56 Å². The first-order chi connectivity index (χ1) is 10.8. The molecular formula is C17H20FNO3S. The number of sulfonamides is 1. The molecule has 0 amide bonds. The number of rotatable bonds is 5. The number of nitrogens with zero attached hydrogens (tertiary/aromatic N) is 1. The normalized spacial score (nSPS) is 11.7. The third-order valence-corrected chi connectivity index (χ3v) is 5.60. The van der Waals surface area contributed by atoms with Crippen molar-refractivity contribution in [3.63, 3.8) is 0 Å². The molecule has 2 rings (SSSR count). The second-order valence-electron chi connectivity index (χ2n) is 5.50. The highest BCUT2D eigenvalue weighted by Crippen LogP contribution is 2.23. The van der Waals surface area contributed by atoms with E-state index >= 15 is 0 Å². The molecule has 0 saturated carbocycles. The van der Waals surface area contributed by atoms with Crippen molar-refractivity contribution in [1.29, 1.82) is 0 Å². The minimum absolute atomic E-state index is 0.0800. The zero-order valence-corrected chi connectivity index (χ0v) is 14.4. The molecule has 0 unspecified atom stereocenters. The van der Waals surface area contributed by atoms with E-state index in [1.165, 1.54) is 30.6 Å². The van der Waals surface area contributed by atoms with Crippen molar-refractivity contribution in [1.82, 2.24) is 4.31 Å². The summed E-state index contributed by atoms with van der Waals surface area (Å²) < 4.78 is 45.3. The van der Waals surface area contributed by atoms with Gasteiger partial charge in [0, 0.05) is 13.6 Å². The van der Waals surface area contributed by atoms with Gasteiger partial charge < -0.3 is 4.74 Å². The molecule has 0 saturated heterocycles. The number of aryl methyl sites for hydroxylation is 2. The summed E-state index contributed by atoms with van der Waals surface area (Å²) in [5.41, 5.74) is 2.11. The van der Waals surface area contributed by atoms with Gasteiger partial charge >= 0.3 is 0 Å². The summed E-state index contributed by atoms with van der Waals surface area (Å²) in [5, 5.41) is 0. The largest absolute Gasteiger partial charge is 0.494 e. The Hall–Kier alpha value is -1.92. The molecule has 0 spiro atoms. The van der Waals surface area contributed by atoms with Gasteiger partial charge in [-0.2, -0.15) is 4.31 Å². The van der Waals surface area contributed by atoms with Gasteiger partial charge in [-0.25, -0.2) is 12.8 Å². The summed E-state index contributed by atoms with van der Waals surface area (Å²) in [5.74, 6) is -0.378. The van der Waals surface area contributed by atoms with E-state index < -0.39 is 15.8 Å². The Morgan fingerprint density at radius 2 is 1.83 bits per heavy atom. The fourth-order valence-corrected chi connectivity index (χ4v) is 3.77. The molecule has 0 aliphatic rings. The molecule has 0 aromatic heterocycles. The summed E-state index contributed by atoms with van der Waals surface area (Å²) >= 11 is 0. The smallest absolute Gasteiger partial charge is 0.243 e. The maximum absolute atomic E-state index is 13.7. The van der Waals surface area contributed by atoms with Gasteiger partial charge in [-0.1, -0.05) is 18.2 Å². The van der Waals surface area contributed by atoms with Gasteiger partial charge in [-0.3, -0.25) is 0 Å². The molecule has 4 nitrogen and oxygen atoms in total. The number of halogens is 1. The van der Waals surface area contributed by atoms with Gasteiger partial charge in [0.2, 0.25) is 10.0 Å². The molecule has 0 fully saturated rings. The molecule has 0 atom stereocenters. The summed E-state index contributed by atoms with van der Waals surface area (Å²) in [6, 6.07) is 9.72. The van der Waals surface area contributed by atoms with Crippen LogP contribution in [-0.2, 0) is 16.6 Å². The number of benzene rings is 2. The Bertz CT molecular complexity index is 819. The van der Waals surface area contributed by atoms with Crippen LogP contribution in [0, 0.1) is 19.7 Å². The monoisotopic (exact) mass is 337 g/mol. The van der Waals surface area contributed by atoms with Crippen LogP contribution in [0.4, 0.5) is 4.39 Å². The molecule has 124 valence electrons. The average molecular weight is 337 g/mol. The van der Waals surface area contributed by atoms with Crippen LogP contribution < -0.4 is 4.74 Å². The van der Waals surface area contributed by atoms with E-state index in [4.69, 9.17) is 4.74 Å². The third kappa shape index (κ3) is 3.71. The van der Waals surface area contributed by atoms with E-state index in [-0.39, 0.29) is 17.2 Å². The molecule has 0 heterocycles. The van der Waals surface area contributed by atoms with Gasteiger partial charge in [0.1, 0.15) is 0 Å². The van der Waals surface area contributed by atoms with Crippen LogP contribution in [-0.4, -0.2) is 26.9 Å². The molecule has 0 aliphatic heterocycles. The lowest BCUT2D eigenvalue weighted by atomic mass is 10.2. The van der Waals surface area contributed by atoms with Crippen LogP contribution in [0.3, 0.4) is 0 Å². The molecule has 0 bridgehead atoms.